The molecule has 2 fully saturated rings. The van der Waals surface area contributed by atoms with E-state index in [0.717, 1.165) is 6.04 Å². The number of nitrogens with one attached hydrogen (secondary N) is 1. The fourth-order valence-corrected chi connectivity index (χ4v) is 7.35. The number of aromatic nitrogens is 3. The van der Waals surface area contributed by atoms with Crippen molar-refractivity contribution in [2.75, 3.05) is 25.1 Å². The molecule has 2 saturated heterocycles. The van der Waals surface area contributed by atoms with E-state index < -0.39 is 34.1 Å². The second-order valence-electron chi connectivity index (χ2n) is 14.6. The predicted molar refractivity (Wildman–Crippen MR) is 176 cm³/mol. The minimum Gasteiger partial charge on any atom is -0.456 e. The van der Waals surface area contributed by atoms with Gasteiger partial charge in [-0.3, -0.25) is 4.57 Å². The lowest BCUT2D eigenvalue weighted by Crippen LogP contribution is -2.47. The third-order valence-electron chi connectivity index (χ3n) is 8.82. The van der Waals surface area contributed by atoms with Crippen LogP contribution in [0.5, 0.6) is 6.01 Å². The monoisotopic (exact) mass is 682 g/mol. The van der Waals surface area contributed by atoms with Crippen molar-refractivity contribution < 1.29 is 32.2 Å². The van der Waals surface area contributed by atoms with Crippen LogP contribution in [0.1, 0.15) is 26.3 Å². The molecule has 4 atom stereocenters. The lowest BCUT2D eigenvalue weighted by Gasteiger charge is -2.39. The zero-order chi connectivity index (χ0) is 32.7. The maximum Gasteiger partial charge on any atom is 0.301 e. The average molecular weight is 683 g/mol. The number of halogens is 3. The van der Waals surface area contributed by atoms with Gasteiger partial charge in [-0.2, -0.15) is 4.98 Å². The van der Waals surface area contributed by atoms with Crippen molar-refractivity contribution in [2.24, 2.45) is 0 Å². The first-order chi connectivity index (χ1) is 21.0. The molecule has 0 bridgehead atoms. The number of anilines is 1. The maximum absolute atomic E-state index is 14.3. The van der Waals surface area contributed by atoms with Gasteiger partial charge in [-0.05, 0) is 42.4 Å². The highest BCUT2D eigenvalue weighted by atomic mass is 35.5. The lowest BCUT2D eigenvalue weighted by molar-refractivity contribution is 0.00687. The molecular weight excluding hydrogens is 638 g/mol. The van der Waals surface area contributed by atoms with Crippen LogP contribution in [0.15, 0.2) is 24.3 Å². The van der Waals surface area contributed by atoms with Crippen molar-refractivity contribution >= 4 is 45.0 Å². The molecule has 2 aliphatic heterocycles. The number of imidazole rings is 1. The van der Waals surface area contributed by atoms with Crippen LogP contribution in [0, 0.1) is 11.6 Å². The Hall–Kier alpha value is -2.14. The molecule has 0 radical (unpaired) electrons. The SMILES string of the molecule is CC(C)(C)[Si](C)(C)O[C@@H]1CO[C@H]2[C@@H]1OC[C@H]2Oc1nc2cc(Cl)c(NCc3c(F)cccc3F)nc2n1COCC[Si](C)(C)C. The van der Waals surface area contributed by atoms with Crippen LogP contribution in [0.3, 0.4) is 0 Å². The first-order valence-corrected chi connectivity index (χ1v) is 22.4. The van der Waals surface area contributed by atoms with E-state index in [4.69, 9.17) is 44.9 Å². The summed E-state index contributed by atoms with van der Waals surface area (Å²) in [6.07, 6.45) is -1.14. The maximum atomic E-state index is 14.3. The van der Waals surface area contributed by atoms with E-state index >= 15 is 0 Å². The summed E-state index contributed by atoms with van der Waals surface area (Å²) < 4.78 is 61.9. The smallest absolute Gasteiger partial charge is 0.301 e. The predicted octanol–water partition coefficient (Wildman–Crippen LogP) is 7.22. The highest BCUT2D eigenvalue weighted by Crippen LogP contribution is 2.41. The normalized spacial score (nSPS) is 22.3. The largest absolute Gasteiger partial charge is 0.456 e. The van der Waals surface area contributed by atoms with E-state index in [-0.39, 0.29) is 53.0 Å². The van der Waals surface area contributed by atoms with Gasteiger partial charge in [0.1, 0.15) is 41.9 Å². The van der Waals surface area contributed by atoms with E-state index in [1.807, 2.05) is 0 Å². The zero-order valence-electron chi connectivity index (χ0n) is 27.4. The molecule has 0 aliphatic carbocycles. The van der Waals surface area contributed by atoms with Crippen LogP contribution < -0.4 is 10.1 Å². The van der Waals surface area contributed by atoms with Gasteiger partial charge in [-0.1, -0.05) is 58.1 Å². The van der Waals surface area contributed by atoms with Gasteiger partial charge in [-0.15, -0.1) is 0 Å². The average Bonchev–Trinajstić information content (AvgIpc) is 3.60. The van der Waals surface area contributed by atoms with E-state index in [1.165, 1.54) is 18.2 Å². The highest BCUT2D eigenvalue weighted by molar-refractivity contribution is 6.76. The van der Waals surface area contributed by atoms with Crippen molar-refractivity contribution in [3.8, 4) is 6.01 Å². The van der Waals surface area contributed by atoms with Gasteiger partial charge in [0.25, 0.3) is 0 Å². The van der Waals surface area contributed by atoms with Crippen molar-refractivity contribution in [3.05, 3.63) is 46.5 Å². The number of rotatable bonds is 12. The highest BCUT2D eigenvalue weighted by Gasteiger charge is 2.52. The Labute approximate surface area is 271 Å². The molecule has 3 aromatic rings. The third-order valence-corrected chi connectivity index (χ3v) is 15.3. The molecule has 1 aromatic carbocycles. The van der Waals surface area contributed by atoms with Gasteiger partial charge < -0.3 is 28.7 Å². The standard InChI is InChI=1S/C31H45ClF2N4O5Si2/c1-31(2,3)45(7,8)43-25-17-41-26-24(16-40-27(25)26)42-30-36-23-14-20(32)28(35-15-19-21(33)10-9-11-22(19)34)37-29(23)38(30)18-39-12-13-44(4,5)6/h9-11,14,24-27H,12-13,15-18H2,1-8H3,(H,35,37)/t24-,25-,26-,27-/m1/s1. The number of nitrogens with zero attached hydrogens (tertiary/aromatic N) is 3. The van der Waals surface area contributed by atoms with Crippen LogP contribution in [0.4, 0.5) is 14.6 Å². The topological polar surface area (TPSA) is 88.9 Å². The summed E-state index contributed by atoms with van der Waals surface area (Å²) in [6, 6.07) is 6.68. The summed E-state index contributed by atoms with van der Waals surface area (Å²) in [5.74, 6) is -1.05. The van der Waals surface area contributed by atoms with E-state index in [1.54, 1.807) is 10.6 Å². The summed E-state index contributed by atoms with van der Waals surface area (Å²) in [6.45, 7) is 19.3. The van der Waals surface area contributed by atoms with Crippen molar-refractivity contribution in [1.82, 2.24) is 14.5 Å². The number of pyridine rings is 1. The lowest BCUT2D eigenvalue weighted by atomic mass is 10.1. The van der Waals surface area contributed by atoms with Crippen LogP contribution >= 0.6 is 11.6 Å². The second kappa shape index (κ2) is 13.2. The van der Waals surface area contributed by atoms with Crippen LogP contribution in [0.2, 0.25) is 48.8 Å². The molecule has 0 unspecified atom stereocenters. The Morgan fingerprint density at radius 3 is 2.31 bits per heavy atom. The number of hydrogen-bond acceptors (Lipinski definition) is 8. The second-order valence-corrected chi connectivity index (χ2v) is 25.3. The Kier molecular flexibility index (Phi) is 10.0. The number of hydrogen-bond donors (Lipinski definition) is 1. The van der Waals surface area contributed by atoms with Gasteiger partial charge in [0.15, 0.2) is 20.1 Å². The first-order valence-electron chi connectivity index (χ1n) is 15.4. The van der Waals surface area contributed by atoms with Crippen LogP contribution in [0.25, 0.3) is 11.2 Å². The van der Waals surface area contributed by atoms with Crippen LogP contribution in [-0.4, -0.2) is 75.2 Å². The molecule has 5 rings (SSSR count). The molecule has 9 nitrogen and oxygen atoms in total. The van der Waals surface area contributed by atoms with Gasteiger partial charge in [0.05, 0.1) is 24.3 Å². The molecule has 0 spiro atoms. The summed E-state index contributed by atoms with van der Waals surface area (Å²) in [4.78, 5) is 9.41. The molecule has 4 heterocycles. The minimum atomic E-state index is -2.03. The van der Waals surface area contributed by atoms with Crippen LogP contribution in [-0.2, 0) is 31.9 Å². The molecule has 248 valence electrons. The molecule has 14 heteroatoms. The van der Waals surface area contributed by atoms with Crippen molar-refractivity contribution in [3.63, 3.8) is 0 Å². The molecule has 0 saturated carbocycles. The first kappa shape index (κ1) is 34.2. The van der Waals surface area contributed by atoms with E-state index in [2.05, 4.69) is 58.8 Å². The third kappa shape index (κ3) is 7.71. The molecular formula is C31H45ClF2N4O5Si2. The Balaban J connectivity index is 1.38. The molecule has 2 aromatic heterocycles. The van der Waals surface area contributed by atoms with Crippen molar-refractivity contribution in [2.45, 2.75) is 102 Å². The number of fused-ring (bicyclic) bond motifs is 2. The summed E-state index contributed by atoms with van der Waals surface area (Å²) in [5.41, 5.74) is 0.847. The molecule has 1 N–H and O–H groups in total. The summed E-state index contributed by atoms with van der Waals surface area (Å²) in [5, 5.41) is 3.29. The quantitative estimate of drug-likeness (QED) is 0.158. The minimum absolute atomic E-state index is 0.0608. The van der Waals surface area contributed by atoms with E-state index in [9.17, 15) is 8.78 Å². The van der Waals surface area contributed by atoms with Crippen molar-refractivity contribution in [1.29, 1.82) is 0 Å². The fourth-order valence-electron chi connectivity index (χ4n) is 5.06. The summed E-state index contributed by atoms with van der Waals surface area (Å²) in [7, 11) is -3.36. The molecule has 0 amide bonds. The fraction of sp³-hybridized carbons (Fsp3) is 0.613. The Bertz CT molecular complexity index is 1490. The Morgan fingerprint density at radius 1 is 1.02 bits per heavy atom. The molecule has 2 aliphatic rings. The van der Waals surface area contributed by atoms with Gasteiger partial charge in [0.2, 0.25) is 0 Å². The van der Waals surface area contributed by atoms with Gasteiger partial charge in [-0.25, -0.2) is 13.8 Å². The van der Waals surface area contributed by atoms with E-state index in [0.29, 0.717) is 37.0 Å². The number of benzene rings is 1. The van der Waals surface area contributed by atoms with Gasteiger partial charge in [0, 0.05) is 26.8 Å². The molecule has 45 heavy (non-hydrogen) atoms. The number of ether oxygens (including phenoxy) is 4. The zero-order valence-corrected chi connectivity index (χ0v) is 30.1. The summed E-state index contributed by atoms with van der Waals surface area (Å²) >= 11 is 6.55. The Morgan fingerprint density at radius 2 is 1.67 bits per heavy atom. The van der Waals surface area contributed by atoms with Gasteiger partial charge >= 0.3 is 6.01 Å².